The maximum atomic E-state index is 12.5. The Labute approximate surface area is 201 Å². The molecule has 0 fully saturated rings. The number of halogens is 1. The van der Waals surface area contributed by atoms with Crippen LogP contribution in [0.15, 0.2) is 77.3 Å². The van der Waals surface area contributed by atoms with E-state index in [0.717, 1.165) is 52.2 Å². The lowest BCUT2D eigenvalue weighted by molar-refractivity contribution is 0.0949. The van der Waals surface area contributed by atoms with Crippen LogP contribution in [0.4, 0.5) is 0 Å². The molecule has 4 rings (SSSR count). The molecule has 0 atom stereocenters. The Morgan fingerprint density at radius 3 is 2.45 bits per heavy atom. The van der Waals surface area contributed by atoms with Crippen LogP contribution in [0.25, 0.3) is 11.0 Å². The zero-order valence-corrected chi connectivity index (χ0v) is 20.0. The Bertz CT molecular complexity index is 1200. The molecule has 0 saturated heterocycles. The first-order valence-electron chi connectivity index (χ1n) is 10.9. The summed E-state index contributed by atoms with van der Waals surface area (Å²) in [6.45, 7) is 1.80. The minimum atomic E-state index is -0.117. The van der Waals surface area contributed by atoms with Crippen molar-refractivity contribution in [3.05, 3.63) is 88.7 Å². The molecule has 4 aromatic rings. The number of carbonyl (C=O) groups is 1. The molecule has 0 aliphatic carbocycles. The average Bonchev–Trinajstić information content (AvgIpc) is 3.20. The second-order valence-electron chi connectivity index (χ2n) is 7.59. The first kappa shape index (κ1) is 22.9. The van der Waals surface area contributed by atoms with Gasteiger partial charge in [-0.1, -0.05) is 28.1 Å². The molecule has 170 valence electrons. The minimum Gasteiger partial charge on any atom is -0.497 e. The Kier molecular flexibility index (Phi) is 7.62. The number of carbonyl (C=O) groups excluding carboxylic acids is 1. The second kappa shape index (κ2) is 11.0. The van der Waals surface area contributed by atoms with Gasteiger partial charge in [-0.05, 0) is 73.5 Å². The highest BCUT2D eigenvalue weighted by Gasteiger charge is 2.12. The zero-order valence-electron chi connectivity index (χ0n) is 18.5. The van der Waals surface area contributed by atoms with Crippen LogP contribution >= 0.6 is 15.9 Å². The number of unbranched alkanes of at least 4 members (excludes halogenated alkanes) is 1. The quantitative estimate of drug-likeness (QED) is 0.284. The smallest absolute Gasteiger partial charge is 0.251 e. The van der Waals surface area contributed by atoms with Gasteiger partial charge in [-0.15, -0.1) is 0 Å². The van der Waals surface area contributed by atoms with Crippen molar-refractivity contribution < 1.29 is 14.3 Å². The third-order valence-electron chi connectivity index (χ3n) is 5.35. The fraction of sp³-hybridized carbons (Fsp3) is 0.231. The highest BCUT2D eigenvalue weighted by Crippen LogP contribution is 2.19. The molecule has 1 N–H and O–H groups in total. The number of nitrogens with one attached hydrogen (secondary N) is 1. The van der Waals surface area contributed by atoms with Crippen molar-refractivity contribution in [2.45, 2.75) is 25.9 Å². The molecule has 0 radical (unpaired) electrons. The molecule has 0 spiro atoms. The van der Waals surface area contributed by atoms with E-state index in [1.807, 2.05) is 54.6 Å². The lowest BCUT2D eigenvalue weighted by Crippen LogP contribution is -2.24. The molecule has 0 aliphatic heterocycles. The number of para-hydroxylation sites is 2. The zero-order chi connectivity index (χ0) is 23.0. The maximum absolute atomic E-state index is 12.5. The lowest BCUT2D eigenvalue weighted by Gasteiger charge is -2.11. The monoisotopic (exact) mass is 507 g/mol. The van der Waals surface area contributed by atoms with E-state index < -0.39 is 0 Å². The minimum absolute atomic E-state index is 0.117. The fourth-order valence-electron chi connectivity index (χ4n) is 3.61. The number of aryl methyl sites for hydroxylation is 1. The number of benzene rings is 3. The summed E-state index contributed by atoms with van der Waals surface area (Å²) >= 11 is 3.39. The van der Waals surface area contributed by atoms with Crippen molar-refractivity contribution in [3.63, 3.8) is 0 Å². The third kappa shape index (κ3) is 5.93. The van der Waals surface area contributed by atoms with E-state index >= 15 is 0 Å². The van der Waals surface area contributed by atoms with Gasteiger partial charge < -0.3 is 19.4 Å². The van der Waals surface area contributed by atoms with Crippen LogP contribution in [0.1, 0.15) is 29.0 Å². The first-order valence-corrected chi connectivity index (χ1v) is 11.7. The van der Waals surface area contributed by atoms with Gasteiger partial charge in [-0.3, -0.25) is 4.79 Å². The SMILES string of the molecule is COc1ccc(OCCCCn2c(CNC(=O)c3ccc(Br)cc3)nc3ccccc32)cc1. The molecule has 1 aromatic heterocycles. The van der Waals surface area contributed by atoms with Crippen LogP contribution in [0.3, 0.4) is 0 Å². The number of methoxy groups -OCH3 is 1. The summed E-state index contributed by atoms with van der Waals surface area (Å²) in [6, 6.07) is 23.0. The van der Waals surface area contributed by atoms with Gasteiger partial charge in [-0.2, -0.15) is 0 Å². The molecule has 0 bridgehead atoms. The van der Waals surface area contributed by atoms with E-state index in [1.54, 1.807) is 19.2 Å². The highest BCUT2D eigenvalue weighted by molar-refractivity contribution is 9.10. The number of nitrogens with zero attached hydrogens (tertiary/aromatic N) is 2. The number of rotatable bonds is 10. The molecular weight excluding hydrogens is 482 g/mol. The molecule has 7 heteroatoms. The standard InChI is InChI=1S/C26H26BrN3O3/c1-32-21-12-14-22(15-13-21)33-17-5-4-16-30-24-7-3-2-6-23(24)29-25(30)18-28-26(31)19-8-10-20(27)11-9-19/h2-3,6-15H,4-5,16-18H2,1H3,(H,28,31). The van der Waals surface area contributed by atoms with E-state index in [9.17, 15) is 4.79 Å². The van der Waals surface area contributed by atoms with Crippen LogP contribution in [0, 0.1) is 0 Å². The van der Waals surface area contributed by atoms with Gasteiger partial charge in [0.25, 0.3) is 5.91 Å². The van der Waals surface area contributed by atoms with Crippen LogP contribution < -0.4 is 14.8 Å². The van der Waals surface area contributed by atoms with Crippen molar-refractivity contribution in [1.29, 1.82) is 0 Å². The van der Waals surface area contributed by atoms with E-state index in [1.165, 1.54) is 0 Å². The van der Waals surface area contributed by atoms with E-state index in [4.69, 9.17) is 14.5 Å². The van der Waals surface area contributed by atoms with Crippen LogP contribution in [0.5, 0.6) is 11.5 Å². The predicted molar refractivity (Wildman–Crippen MR) is 133 cm³/mol. The van der Waals surface area contributed by atoms with Crippen molar-refractivity contribution in [2.24, 2.45) is 0 Å². The summed E-state index contributed by atoms with van der Waals surface area (Å²) in [5.41, 5.74) is 2.62. The van der Waals surface area contributed by atoms with E-state index in [2.05, 4.69) is 31.9 Å². The Morgan fingerprint density at radius 2 is 1.70 bits per heavy atom. The molecule has 0 unspecified atom stereocenters. The predicted octanol–water partition coefficient (Wildman–Crippen LogP) is 5.60. The van der Waals surface area contributed by atoms with Gasteiger partial charge in [0.1, 0.15) is 17.3 Å². The molecular formula is C26H26BrN3O3. The van der Waals surface area contributed by atoms with E-state index in [0.29, 0.717) is 18.7 Å². The van der Waals surface area contributed by atoms with Gasteiger partial charge in [-0.25, -0.2) is 4.98 Å². The Morgan fingerprint density at radius 1 is 0.970 bits per heavy atom. The number of hydrogen-bond acceptors (Lipinski definition) is 4. The van der Waals surface area contributed by atoms with Crippen LogP contribution in [-0.2, 0) is 13.1 Å². The highest BCUT2D eigenvalue weighted by atomic mass is 79.9. The van der Waals surface area contributed by atoms with Crippen molar-refractivity contribution in [3.8, 4) is 11.5 Å². The first-order chi connectivity index (χ1) is 16.1. The summed E-state index contributed by atoms with van der Waals surface area (Å²) in [4.78, 5) is 17.3. The number of ether oxygens (including phenoxy) is 2. The van der Waals surface area contributed by atoms with Gasteiger partial charge in [0.2, 0.25) is 0 Å². The van der Waals surface area contributed by atoms with Crippen molar-refractivity contribution in [1.82, 2.24) is 14.9 Å². The second-order valence-corrected chi connectivity index (χ2v) is 8.50. The summed E-state index contributed by atoms with van der Waals surface area (Å²) in [6.07, 6.45) is 1.84. The summed E-state index contributed by atoms with van der Waals surface area (Å²) in [5.74, 6) is 2.38. The third-order valence-corrected chi connectivity index (χ3v) is 5.88. The molecule has 1 amide bonds. The maximum Gasteiger partial charge on any atom is 0.251 e. The molecule has 3 aromatic carbocycles. The van der Waals surface area contributed by atoms with Crippen molar-refractivity contribution in [2.75, 3.05) is 13.7 Å². The topological polar surface area (TPSA) is 65.4 Å². The van der Waals surface area contributed by atoms with Gasteiger partial charge in [0, 0.05) is 16.6 Å². The number of imidazole rings is 1. The van der Waals surface area contributed by atoms with Crippen molar-refractivity contribution >= 4 is 32.9 Å². The summed E-state index contributed by atoms with van der Waals surface area (Å²) in [5, 5.41) is 3.00. The number of hydrogen-bond donors (Lipinski definition) is 1. The largest absolute Gasteiger partial charge is 0.497 e. The number of aromatic nitrogens is 2. The summed E-state index contributed by atoms with van der Waals surface area (Å²) in [7, 11) is 1.65. The summed E-state index contributed by atoms with van der Waals surface area (Å²) < 4.78 is 14.1. The Hall–Kier alpha value is -3.32. The van der Waals surface area contributed by atoms with Gasteiger partial charge in [0.05, 0.1) is 31.3 Å². The molecule has 0 saturated carbocycles. The van der Waals surface area contributed by atoms with Crippen LogP contribution in [-0.4, -0.2) is 29.2 Å². The molecule has 1 heterocycles. The lowest BCUT2D eigenvalue weighted by atomic mass is 10.2. The van der Waals surface area contributed by atoms with E-state index in [-0.39, 0.29) is 5.91 Å². The van der Waals surface area contributed by atoms with Gasteiger partial charge >= 0.3 is 0 Å². The Balaban J connectivity index is 1.35. The van der Waals surface area contributed by atoms with Crippen LogP contribution in [0.2, 0.25) is 0 Å². The number of fused-ring (bicyclic) bond motifs is 1. The molecule has 0 aliphatic rings. The molecule has 33 heavy (non-hydrogen) atoms. The normalized spacial score (nSPS) is 10.8. The molecule has 6 nitrogen and oxygen atoms in total. The average molecular weight is 508 g/mol. The number of amides is 1. The van der Waals surface area contributed by atoms with Gasteiger partial charge in [0.15, 0.2) is 0 Å². The fourth-order valence-corrected chi connectivity index (χ4v) is 3.87.